The van der Waals surface area contributed by atoms with Gasteiger partial charge in [-0.25, -0.2) is 4.79 Å². The van der Waals surface area contributed by atoms with Gasteiger partial charge in [-0.3, -0.25) is 4.90 Å². The Labute approximate surface area is 129 Å². The SMILES string of the molecule is CC(C)(C)OC(=O)N1CCCC1(O)O[Si](C)(C)C(C)(C)C. The average Bonchev–Trinajstić information content (AvgIpc) is 2.54. The van der Waals surface area contributed by atoms with Crippen LogP contribution < -0.4 is 0 Å². The quantitative estimate of drug-likeness (QED) is 0.623. The number of nitrogens with zero attached hydrogens (tertiary/aromatic N) is 1. The molecule has 0 aromatic rings. The largest absolute Gasteiger partial charge is 0.444 e. The predicted molar refractivity (Wildman–Crippen MR) is 85.4 cm³/mol. The van der Waals surface area contributed by atoms with Gasteiger partial charge in [-0.05, 0) is 45.3 Å². The number of aliphatic hydroxyl groups is 1. The number of amides is 1. The molecule has 0 aromatic carbocycles. The molecule has 0 aliphatic carbocycles. The molecule has 1 amide bonds. The third-order valence-corrected chi connectivity index (χ3v) is 8.59. The molecule has 124 valence electrons. The molecule has 1 unspecified atom stereocenters. The fourth-order valence-electron chi connectivity index (χ4n) is 2.00. The zero-order valence-electron chi connectivity index (χ0n) is 14.7. The molecule has 1 atom stereocenters. The lowest BCUT2D eigenvalue weighted by Crippen LogP contribution is -2.57. The molecule has 0 radical (unpaired) electrons. The number of carbonyl (C=O) groups is 1. The van der Waals surface area contributed by atoms with Crippen LogP contribution in [0, 0.1) is 0 Å². The van der Waals surface area contributed by atoms with Crippen molar-refractivity contribution in [3.8, 4) is 0 Å². The van der Waals surface area contributed by atoms with Gasteiger partial charge < -0.3 is 14.3 Å². The molecule has 1 saturated heterocycles. The molecular weight excluding hydrogens is 286 g/mol. The van der Waals surface area contributed by atoms with Crippen molar-refractivity contribution in [3.05, 3.63) is 0 Å². The van der Waals surface area contributed by atoms with Crippen molar-refractivity contribution < 1.29 is 19.1 Å². The lowest BCUT2D eigenvalue weighted by molar-refractivity contribution is -0.221. The van der Waals surface area contributed by atoms with Crippen LogP contribution in [0.4, 0.5) is 4.79 Å². The number of carbonyl (C=O) groups excluding carboxylic acids is 1. The first-order valence-electron chi connectivity index (χ1n) is 7.61. The van der Waals surface area contributed by atoms with Gasteiger partial charge in [0.15, 0.2) is 8.32 Å². The number of ether oxygens (including phenoxy) is 1. The van der Waals surface area contributed by atoms with Crippen LogP contribution in [-0.4, -0.2) is 42.5 Å². The van der Waals surface area contributed by atoms with Gasteiger partial charge in [0.2, 0.25) is 5.91 Å². The molecule has 0 saturated carbocycles. The lowest BCUT2D eigenvalue weighted by atomic mass is 10.2. The monoisotopic (exact) mass is 317 g/mol. The molecule has 1 rings (SSSR count). The van der Waals surface area contributed by atoms with Crippen molar-refractivity contribution in [3.63, 3.8) is 0 Å². The van der Waals surface area contributed by atoms with E-state index in [1.54, 1.807) is 0 Å². The minimum atomic E-state index is -2.19. The Morgan fingerprint density at radius 3 is 2.14 bits per heavy atom. The second-order valence-electron chi connectivity index (χ2n) is 8.34. The smallest absolute Gasteiger partial charge is 0.414 e. The maximum absolute atomic E-state index is 12.3. The normalized spacial score (nSPS) is 24.3. The van der Waals surface area contributed by atoms with Crippen molar-refractivity contribution >= 4 is 14.4 Å². The number of hydrogen-bond acceptors (Lipinski definition) is 4. The molecule has 1 fully saturated rings. The third kappa shape index (κ3) is 4.44. The highest BCUT2D eigenvalue weighted by Gasteiger charge is 2.51. The first-order chi connectivity index (χ1) is 9.18. The Morgan fingerprint density at radius 1 is 1.19 bits per heavy atom. The van der Waals surface area contributed by atoms with Crippen LogP contribution in [0.3, 0.4) is 0 Å². The summed E-state index contributed by atoms with van der Waals surface area (Å²) in [4.78, 5) is 13.6. The Bertz CT molecular complexity index is 397. The van der Waals surface area contributed by atoms with Crippen molar-refractivity contribution in [2.24, 2.45) is 0 Å². The summed E-state index contributed by atoms with van der Waals surface area (Å²) in [7, 11) is -2.19. The van der Waals surface area contributed by atoms with Gasteiger partial charge in [0.1, 0.15) is 5.60 Å². The van der Waals surface area contributed by atoms with Crippen LogP contribution in [0.2, 0.25) is 18.1 Å². The van der Waals surface area contributed by atoms with E-state index in [0.717, 1.165) is 0 Å². The first-order valence-corrected chi connectivity index (χ1v) is 10.5. The van der Waals surface area contributed by atoms with Crippen LogP contribution in [0.15, 0.2) is 0 Å². The molecule has 6 heteroatoms. The number of likely N-dealkylation sites (tertiary alicyclic amines) is 1. The minimum Gasteiger partial charge on any atom is -0.444 e. The Morgan fingerprint density at radius 2 is 1.71 bits per heavy atom. The van der Waals surface area contributed by atoms with Crippen LogP contribution in [0.5, 0.6) is 0 Å². The van der Waals surface area contributed by atoms with Crippen molar-refractivity contribution in [2.75, 3.05) is 6.54 Å². The maximum atomic E-state index is 12.3. The molecule has 0 bridgehead atoms. The van der Waals surface area contributed by atoms with Gasteiger partial charge in [-0.1, -0.05) is 20.8 Å². The molecule has 1 aliphatic rings. The summed E-state index contributed by atoms with van der Waals surface area (Å²) in [5.41, 5.74) is -0.586. The van der Waals surface area contributed by atoms with Crippen LogP contribution >= 0.6 is 0 Å². The van der Waals surface area contributed by atoms with E-state index in [-0.39, 0.29) is 5.04 Å². The summed E-state index contributed by atoms with van der Waals surface area (Å²) >= 11 is 0. The number of rotatable bonds is 2. The third-order valence-electron chi connectivity index (χ3n) is 4.14. The van der Waals surface area contributed by atoms with E-state index in [0.29, 0.717) is 19.4 Å². The maximum Gasteiger partial charge on any atom is 0.414 e. The average molecular weight is 318 g/mol. The van der Waals surface area contributed by atoms with E-state index in [9.17, 15) is 9.90 Å². The second-order valence-corrected chi connectivity index (χ2v) is 13.1. The van der Waals surface area contributed by atoms with E-state index in [1.165, 1.54) is 4.90 Å². The van der Waals surface area contributed by atoms with E-state index in [4.69, 9.17) is 9.16 Å². The Kier molecular flexibility index (Phi) is 4.88. The highest BCUT2D eigenvalue weighted by Crippen LogP contribution is 2.42. The van der Waals surface area contributed by atoms with Crippen LogP contribution in [0.25, 0.3) is 0 Å². The van der Waals surface area contributed by atoms with Crippen molar-refractivity contribution in [1.82, 2.24) is 4.90 Å². The van der Waals surface area contributed by atoms with Gasteiger partial charge in [-0.2, -0.15) is 0 Å². The summed E-state index contributed by atoms with van der Waals surface area (Å²) in [6.07, 6.45) is 0.629. The summed E-state index contributed by atoms with van der Waals surface area (Å²) in [5.74, 6) is -1.54. The summed E-state index contributed by atoms with van der Waals surface area (Å²) < 4.78 is 11.5. The molecule has 5 nitrogen and oxygen atoms in total. The van der Waals surface area contributed by atoms with Gasteiger partial charge in [-0.15, -0.1) is 0 Å². The molecule has 0 spiro atoms. The van der Waals surface area contributed by atoms with Crippen LogP contribution in [-0.2, 0) is 9.16 Å². The second kappa shape index (κ2) is 5.55. The van der Waals surface area contributed by atoms with E-state index >= 15 is 0 Å². The standard InChI is InChI=1S/C15H31NO4Si/c1-13(2,3)19-12(17)16-11-9-10-15(16,18)20-21(7,8)14(4,5)6/h18H,9-11H2,1-8H3. The molecule has 0 aromatic heterocycles. The van der Waals surface area contributed by atoms with Gasteiger partial charge in [0.05, 0.1) is 0 Å². The zero-order chi connectivity index (χ0) is 16.7. The summed E-state index contributed by atoms with van der Waals surface area (Å²) in [6, 6.07) is 0. The van der Waals surface area contributed by atoms with Gasteiger partial charge in [0.25, 0.3) is 0 Å². The Balaban J connectivity index is 2.91. The highest BCUT2D eigenvalue weighted by atomic mass is 28.4. The molecule has 1 heterocycles. The number of hydrogen-bond donors (Lipinski definition) is 1. The Hall–Kier alpha value is -0.593. The summed E-state index contributed by atoms with van der Waals surface area (Å²) in [5, 5.41) is 10.8. The summed E-state index contributed by atoms with van der Waals surface area (Å²) in [6.45, 7) is 16.4. The van der Waals surface area contributed by atoms with Crippen molar-refractivity contribution in [1.29, 1.82) is 0 Å². The lowest BCUT2D eigenvalue weighted by Gasteiger charge is -2.44. The molecular formula is C15H31NO4Si. The van der Waals surface area contributed by atoms with Gasteiger partial charge >= 0.3 is 6.09 Å². The van der Waals surface area contributed by atoms with Crippen LogP contribution in [0.1, 0.15) is 54.4 Å². The van der Waals surface area contributed by atoms with E-state index < -0.39 is 25.9 Å². The first kappa shape index (κ1) is 18.5. The topological polar surface area (TPSA) is 59.0 Å². The van der Waals surface area contributed by atoms with E-state index in [1.807, 2.05) is 20.8 Å². The molecule has 1 N–H and O–H groups in total. The minimum absolute atomic E-state index is 0.0368. The highest BCUT2D eigenvalue weighted by molar-refractivity contribution is 6.74. The molecule has 1 aliphatic heterocycles. The van der Waals surface area contributed by atoms with Crippen molar-refractivity contribution in [2.45, 2.75) is 84.0 Å². The molecule has 21 heavy (non-hydrogen) atoms. The fourth-order valence-corrected chi connectivity index (χ4v) is 3.33. The fraction of sp³-hybridized carbons (Fsp3) is 0.933. The van der Waals surface area contributed by atoms with E-state index in [2.05, 4.69) is 33.9 Å². The predicted octanol–water partition coefficient (Wildman–Crippen LogP) is 3.69. The zero-order valence-corrected chi connectivity index (χ0v) is 15.7. The van der Waals surface area contributed by atoms with Gasteiger partial charge in [0, 0.05) is 13.0 Å².